The van der Waals surface area contributed by atoms with Gasteiger partial charge in [0.2, 0.25) is 0 Å². The van der Waals surface area contributed by atoms with Crippen LogP contribution in [0.1, 0.15) is 65.5 Å². The predicted octanol–water partition coefficient (Wildman–Crippen LogP) is 6.98. The van der Waals surface area contributed by atoms with Crippen molar-refractivity contribution in [3.63, 3.8) is 0 Å². The summed E-state index contributed by atoms with van der Waals surface area (Å²) in [5.41, 5.74) is 4.30. The molecule has 0 bridgehead atoms. The highest BCUT2D eigenvalue weighted by Crippen LogP contribution is 2.46. The van der Waals surface area contributed by atoms with Crippen LogP contribution in [0.15, 0.2) is 34.7 Å². The Bertz CT molecular complexity index is 1170. The number of hydrogen-bond donors (Lipinski definition) is 2. The number of furan rings is 1. The van der Waals surface area contributed by atoms with Crippen LogP contribution in [-0.4, -0.2) is 5.91 Å². The van der Waals surface area contributed by atoms with Crippen LogP contribution in [-0.2, 0) is 12.8 Å². The molecule has 6 heteroatoms. The molecule has 0 unspecified atom stereocenters. The van der Waals surface area contributed by atoms with Gasteiger partial charge in [-0.25, -0.2) is 0 Å². The highest BCUT2D eigenvalue weighted by atomic mass is 35.5. The standard InChI is InChI=1S/C25H27ClN2O2S/c1-13-5-6-14(11-17(13)26)18-9-10-19(30-18)22-27-23(29)21-16-8-7-15(25(2,3)4)12-20(16)31-24(21)28-22/h5-6,9-11,15,22,28H,7-8,12H2,1-4H3,(H,27,29)/t15-,22+/m1/s1. The van der Waals surface area contributed by atoms with E-state index in [4.69, 9.17) is 16.0 Å². The molecule has 0 saturated heterocycles. The third-order valence-electron chi connectivity index (χ3n) is 6.64. The van der Waals surface area contributed by atoms with Gasteiger partial charge in [0, 0.05) is 15.5 Å². The summed E-state index contributed by atoms with van der Waals surface area (Å²) in [6.45, 7) is 8.91. The van der Waals surface area contributed by atoms with Gasteiger partial charge in [-0.1, -0.05) is 44.5 Å². The summed E-state index contributed by atoms with van der Waals surface area (Å²) in [6.07, 6.45) is 2.78. The van der Waals surface area contributed by atoms with Gasteiger partial charge in [0.25, 0.3) is 5.91 Å². The van der Waals surface area contributed by atoms with Gasteiger partial charge >= 0.3 is 0 Å². The number of benzene rings is 1. The predicted molar refractivity (Wildman–Crippen MR) is 127 cm³/mol. The normalized spacial score (nSPS) is 20.6. The van der Waals surface area contributed by atoms with Crippen LogP contribution in [0.25, 0.3) is 11.3 Å². The first-order chi connectivity index (χ1) is 14.7. The number of thiophene rings is 1. The van der Waals surface area contributed by atoms with Gasteiger partial charge in [0.05, 0.1) is 5.56 Å². The van der Waals surface area contributed by atoms with E-state index in [2.05, 4.69) is 31.4 Å². The Labute approximate surface area is 192 Å². The van der Waals surface area contributed by atoms with E-state index in [0.717, 1.165) is 46.7 Å². The molecule has 4 nitrogen and oxygen atoms in total. The van der Waals surface area contributed by atoms with Crippen molar-refractivity contribution in [2.24, 2.45) is 11.3 Å². The number of anilines is 1. The molecular weight excluding hydrogens is 428 g/mol. The first-order valence-corrected chi connectivity index (χ1v) is 12.0. The smallest absolute Gasteiger partial charge is 0.256 e. The van der Waals surface area contributed by atoms with Gasteiger partial charge in [-0.05, 0) is 66.8 Å². The summed E-state index contributed by atoms with van der Waals surface area (Å²) < 4.78 is 6.10. The molecule has 1 aliphatic carbocycles. The number of carbonyl (C=O) groups excluding carboxylic acids is 1. The molecule has 162 valence electrons. The van der Waals surface area contributed by atoms with E-state index in [-0.39, 0.29) is 17.5 Å². The fraction of sp³-hybridized carbons (Fsp3) is 0.400. The van der Waals surface area contributed by atoms with Crippen LogP contribution < -0.4 is 10.6 Å². The molecular formula is C25H27ClN2O2S. The van der Waals surface area contributed by atoms with Crippen LogP contribution in [0.2, 0.25) is 5.02 Å². The average Bonchev–Trinajstić information content (AvgIpc) is 3.33. The lowest BCUT2D eigenvalue weighted by Crippen LogP contribution is -2.38. The second kappa shape index (κ2) is 7.42. The minimum Gasteiger partial charge on any atom is -0.457 e. The first-order valence-electron chi connectivity index (χ1n) is 10.8. The van der Waals surface area contributed by atoms with E-state index in [9.17, 15) is 4.79 Å². The van der Waals surface area contributed by atoms with E-state index in [1.165, 1.54) is 10.4 Å². The molecule has 0 spiro atoms. The maximum atomic E-state index is 13.0. The zero-order valence-electron chi connectivity index (χ0n) is 18.3. The topological polar surface area (TPSA) is 54.3 Å². The summed E-state index contributed by atoms with van der Waals surface area (Å²) in [6, 6.07) is 9.72. The monoisotopic (exact) mass is 454 g/mol. The third kappa shape index (κ3) is 3.68. The van der Waals surface area contributed by atoms with E-state index in [1.54, 1.807) is 11.3 Å². The van der Waals surface area contributed by atoms with Crippen molar-refractivity contribution in [3.8, 4) is 11.3 Å². The molecule has 2 aromatic heterocycles. The Kier molecular flexibility index (Phi) is 4.94. The third-order valence-corrected chi connectivity index (χ3v) is 8.23. The summed E-state index contributed by atoms with van der Waals surface area (Å²) in [7, 11) is 0. The minimum absolute atomic E-state index is 0.0122. The van der Waals surface area contributed by atoms with Crippen molar-refractivity contribution in [3.05, 3.63) is 62.7 Å². The minimum atomic E-state index is -0.381. The molecule has 0 saturated carbocycles. The number of fused-ring (bicyclic) bond motifs is 3. The molecule has 2 atom stereocenters. The van der Waals surface area contributed by atoms with Gasteiger partial charge in [-0.15, -0.1) is 11.3 Å². The van der Waals surface area contributed by atoms with E-state index >= 15 is 0 Å². The molecule has 0 fully saturated rings. The Morgan fingerprint density at radius 2 is 1.97 bits per heavy atom. The number of halogens is 1. The SMILES string of the molecule is Cc1ccc(-c2ccc([C@H]3NC(=O)c4c(sc5c4CC[C@@H](C(C)(C)C)C5)N3)o2)cc1Cl. The van der Waals surface area contributed by atoms with E-state index in [1.807, 2.05) is 37.3 Å². The van der Waals surface area contributed by atoms with Crippen molar-refractivity contribution in [2.45, 2.75) is 53.1 Å². The van der Waals surface area contributed by atoms with Gasteiger partial charge < -0.3 is 15.1 Å². The number of carbonyl (C=O) groups is 1. The van der Waals surface area contributed by atoms with Crippen LogP contribution in [0.5, 0.6) is 0 Å². The second-order valence-electron chi connectivity index (χ2n) is 9.73. The molecule has 1 aliphatic heterocycles. The zero-order chi connectivity index (χ0) is 21.9. The van der Waals surface area contributed by atoms with Crippen LogP contribution in [0, 0.1) is 18.3 Å². The molecule has 31 heavy (non-hydrogen) atoms. The Morgan fingerprint density at radius 1 is 1.16 bits per heavy atom. The molecule has 2 N–H and O–H groups in total. The Morgan fingerprint density at radius 3 is 2.71 bits per heavy atom. The summed E-state index contributed by atoms with van der Waals surface area (Å²) >= 11 is 8.01. The number of hydrogen-bond acceptors (Lipinski definition) is 4. The Balaban J connectivity index is 1.41. The quantitative estimate of drug-likeness (QED) is 0.439. The number of rotatable bonds is 2. The lowest BCUT2D eigenvalue weighted by atomic mass is 9.72. The maximum absolute atomic E-state index is 13.0. The number of nitrogens with one attached hydrogen (secondary N) is 2. The highest BCUT2D eigenvalue weighted by molar-refractivity contribution is 7.16. The lowest BCUT2D eigenvalue weighted by Gasteiger charge is -2.34. The van der Waals surface area contributed by atoms with Crippen LogP contribution >= 0.6 is 22.9 Å². The van der Waals surface area contributed by atoms with Crippen molar-refractivity contribution in [2.75, 3.05) is 5.32 Å². The lowest BCUT2D eigenvalue weighted by molar-refractivity contribution is 0.0930. The van der Waals surface area contributed by atoms with Crippen molar-refractivity contribution in [1.29, 1.82) is 0 Å². The van der Waals surface area contributed by atoms with Crippen molar-refractivity contribution < 1.29 is 9.21 Å². The molecule has 1 aromatic carbocycles. The van der Waals surface area contributed by atoms with Crippen molar-refractivity contribution in [1.82, 2.24) is 5.32 Å². The molecule has 5 rings (SSSR count). The fourth-order valence-electron chi connectivity index (χ4n) is 4.59. The van der Waals surface area contributed by atoms with Gasteiger partial charge in [0.1, 0.15) is 16.5 Å². The van der Waals surface area contributed by atoms with Crippen LogP contribution in [0.3, 0.4) is 0 Å². The van der Waals surface area contributed by atoms with E-state index < -0.39 is 0 Å². The molecule has 3 aromatic rings. The number of aryl methyl sites for hydroxylation is 1. The molecule has 1 amide bonds. The molecule has 0 radical (unpaired) electrons. The van der Waals surface area contributed by atoms with Gasteiger partial charge in [-0.2, -0.15) is 0 Å². The summed E-state index contributed by atoms with van der Waals surface area (Å²) in [4.78, 5) is 14.4. The second-order valence-corrected chi connectivity index (χ2v) is 11.2. The maximum Gasteiger partial charge on any atom is 0.256 e. The van der Waals surface area contributed by atoms with E-state index in [0.29, 0.717) is 16.7 Å². The zero-order valence-corrected chi connectivity index (χ0v) is 19.8. The highest BCUT2D eigenvalue weighted by Gasteiger charge is 2.37. The van der Waals surface area contributed by atoms with Crippen molar-refractivity contribution >= 4 is 33.8 Å². The first kappa shape index (κ1) is 20.7. The largest absolute Gasteiger partial charge is 0.457 e. The number of amides is 1. The fourth-order valence-corrected chi connectivity index (χ4v) is 6.12. The summed E-state index contributed by atoms with van der Waals surface area (Å²) in [5.74, 6) is 2.05. The molecule has 2 aliphatic rings. The van der Waals surface area contributed by atoms with Gasteiger partial charge in [0.15, 0.2) is 6.17 Å². The average molecular weight is 455 g/mol. The van der Waals surface area contributed by atoms with Crippen LogP contribution in [0.4, 0.5) is 5.00 Å². The summed E-state index contributed by atoms with van der Waals surface area (Å²) in [5, 5.41) is 8.27. The molecule has 3 heterocycles. The Hall–Kier alpha value is -2.24. The van der Waals surface area contributed by atoms with Gasteiger partial charge in [-0.3, -0.25) is 4.79 Å².